The lowest BCUT2D eigenvalue weighted by molar-refractivity contribution is -0.110. The molecule has 1 aliphatic rings. The predicted octanol–water partition coefficient (Wildman–Crippen LogP) is 3.96. The van der Waals surface area contributed by atoms with Crippen LogP contribution in [0.5, 0.6) is 0 Å². The Labute approximate surface area is 126 Å². The Kier molecular flexibility index (Phi) is 3.28. The Morgan fingerprint density at radius 1 is 1.25 bits per heavy atom. The second kappa shape index (κ2) is 4.96. The zero-order chi connectivity index (χ0) is 14.3. The summed E-state index contributed by atoms with van der Waals surface area (Å²) in [5.41, 5.74) is 2.34. The van der Waals surface area contributed by atoms with E-state index in [-0.39, 0.29) is 5.91 Å². The fourth-order valence-electron chi connectivity index (χ4n) is 2.11. The Bertz CT molecular complexity index is 718. The summed E-state index contributed by atoms with van der Waals surface area (Å²) in [4.78, 5) is 15.2. The molecule has 1 N–H and O–H groups in total. The molecule has 1 aliphatic heterocycles. The van der Waals surface area contributed by atoms with Crippen LogP contribution >= 0.6 is 22.9 Å². The summed E-state index contributed by atoms with van der Waals surface area (Å²) in [6.45, 7) is 0. The molecule has 0 spiro atoms. The van der Waals surface area contributed by atoms with Gasteiger partial charge in [0, 0.05) is 35.2 Å². The summed E-state index contributed by atoms with van der Waals surface area (Å²) in [6.07, 6.45) is 1.91. The summed E-state index contributed by atoms with van der Waals surface area (Å²) < 4.78 is 0. The number of hydrogen-bond acceptors (Lipinski definition) is 3. The molecule has 0 saturated carbocycles. The van der Waals surface area contributed by atoms with E-state index in [0.29, 0.717) is 10.6 Å². The van der Waals surface area contributed by atoms with Crippen LogP contribution in [0.1, 0.15) is 10.4 Å². The van der Waals surface area contributed by atoms with Crippen LogP contribution in [0, 0.1) is 0 Å². The summed E-state index contributed by atoms with van der Waals surface area (Å²) in [6, 6.07) is 9.49. The van der Waals surface area contributed by atoms with Crippen molar-refractivity contribution < 1.29 is 4.79 Å². The average Bonchev–Trinajstić information content (AvgIpc) is 2.97. The molecule has 0 atom stereocenters. The summed E-state index contributed by atoms with van der Waals surface area (Å²) >= 11 is 7.66. The third-order valence-electron chi connectivity index (χ3n) is 3.10. The van der Waals surface area contributed by atoms with E-state index in [2.05, 4.69) is 5.32 Å². The van der Waals surface area contributed by atoms with Gasteiger partial charge in [0.25, 0.3) is 5.91 Å². The van der Waals surface area contributed by atoms with Crippen molar-refractivity contribution in [2.75, 3.05) is 24.3 Å². The molecule has 0 unspecified atom stereocenters. The predicted molar refractivity (Wildman–Crippen MR) is 86.6 cm³/mol. The summed E-state index contributed by atoms with van der Waals surface area (Å²) in [5, 5.41) is 4.64. The van der Waals surface area contributed by atoms with Crippen molar-refractivity contribution in [1.29, 1.82) is 0 Å². The Morgan fingerprint density at radius 2 is 2.05 bits per heavy atom. The Balaban J connectivity index is 2.03. The third-order valence-corrected chi connectivity index (χ3v) is 4.54. The lowest BCUT2D eigenvalue weighted by Gasteiger charge is -2.06. The molecular formula is C15H13ClN2OS. The standard InChI is InChI=1S/C15H13ClN2OS/c1-18(2)14-6-4-10(20-14)8-12-11-7-9(16)3-5-13(11)17-15(12)19/h3-8H,1-2H3,(H,17,19). The van der Waals surface area contributed by atoms with Crippen LogP contribution in [0.2, 0.25) is 5.02 Å². The van der Waals surface area contributed by atoms with Crippen molar-refractivity contribution in [3.8, 4) is 0 Å². The van der Waals surface area contributed by atoms with E-state index in [1.165, 1.54) is 0 Å². The van der Waals surface area contributed by atoms with Gasteiger partial charge in [-0.2, -0.15) is 0 Å². The van der Waals surface area contributed by atoms with Gasteiger partial charge >= 0.3 is 0 Å². The van der Waals surface area contributed by atoms with E-state index in [1.54, 1.807) is 17.4 Å². The molecule has 3 rings (SSSR count). The number of thiophene rings is 1. The molecule has 2 aromatic rings. The minimum absolute atomic E-state index is 0.0814. The SMILES string of the molecule is CN(C)c1ccc(C=C2C(=O)Nc3ccc(Cl)cc32)s1. The van der Waals surface area contributed by atoms with Crippen LogP contribution in [-0.4, -0.2) is 20.0 Å². The lowest BCUT2D eigenvalue weighted by atomic mass is 10.1. The number of halogens is 1. The maximum absolute atomic E-state index is 12.1. The van der Waals surface area contributed by atoms with Crippen LogP contribution in [0.3, 0.4) is 0 Å². The number of nitrogens with one attached hydrogen (secondary N) is 1. The minimum Gasteiger partial charge on any atom is -0.370 e. The number of anilines is 2. The second-order valence-corrected chi connectivity index (χ2v) is 6.30. The Hall–Kier alpha value is -1.78. The van der Waals surface area contributed by atoms with Crippen LogP contribution in [0.25, 0.3) is 11.6 Å². The number of carbonyl (C=O) groups is 1. The van der Waals surface area contributed by atoms with Gasteiger partial charge in [0.2, 0.25) is 0 Å². The van der Waals surface area contributed by atoms with Crippen LogP contribution < -0.4 is 10.2 Å². The number of benzene rings is 1. The van der Waals surface area contributed by atoms with Gasteiger partial charge < -0.3 is 10.2 Å². The number of rotatable bonds is 2. The number of carbonyl (C=O) groups excluding carboxylic acids is 1. The van der Waals surface area contributed by atoms with E-state index >= 15 is 0 Å². The molecule has 0 fully saturated rings. The molecule has 1 aromatic carbocycles. The summed E-state index contributed by atoms with van der Waals surface area (Å²) in [5.74, 6) is -0.0814. The first-order valence-corrected chi connectivity index (χ1v) is 7.34. The van der Waals surface area contributed by atoms with Crippen molar-refractivity contribution in [1.82, 2.24) is 0 Å². The molecule has 3 nitrogen and oxygen atoms in total. The van der Waals surface area contributed by atoms with Crippen molar-refractivity contribution in [2.24, 2.45) is 0 Å². The first-order valence-electron chi connectivity index (χ1n) is 6.15. The molecule has 0 saturated heterocycles. The molecule has 102 valence electrons. The number of fused-ring (bicyclic) bond motifs is 1. The molecule has 1 aromatic heterocycles. The molecule has 1 amide bonds. The molecule has 0 radical (unpaired) electrons. The van der Waals surface area contributed by atoms with Crippen LogP contribution in [0.15, 0.2) is 30.3 Å². The lowest BCUT2D eigenvalue weighted by Crippen LogP contribution is -2.05. The quantitative estimate of drug-likeness (QED) is 0.852. The minimum atomic E-state index is -0.0814. The van der Waals surface area contributed by atoms with Crippen molar-refractivity contribution in [3.63, 3.8) is 0 Å². The highest BCUT2D eigenvalue weighted by Crippen LogP contribution is 2.36. The zero-order valence-corrected chi connectivity index (χ0v) is 12.7. The highest BCUT2D eigenvalue weighted by atomic mass is 35.5. The topological polar surface area (TPSA) is 32.3 Å². The van der Waals surface area contributed by atoms with Gasteiger partial charge in [-0.25, -0.2) is 0 Å². The average molecular weight is 305 g/mol. The van der Waals surface area contributed by atoms with E-state index < -0.39 is 0 Å². The normalized spacial score (nSPS) is 15.3. The molecular weight excluding hydrogens is 292 g/mol. The van der Waals surface area contributed by atoms with Gasteiger partial charge in [0.05, 0.1) is 10.6 Å². The first kappa shape index (κ1) is 13.2. The van der Waals surface area contributed by atoms with Gasteiger partial charge in [-0.3, -0.25) is 4.79 Å². The summed E-state index contributed by atoms with van der Waals surface area (Å²) in [7, 11) is 4.00. The third kappa shape index (κ3) is 2.32. The fourth-order valence-corrected chi connectivity index (χ4v) is 3.15. The van der Waals surface area contributed by atoms with Gasteiger partial charge in [-0.1, -0.05) is 11.6 Å². The zero-order valence-electron chi connectivity index (χ0n) is 11.1. The fraction of sp³-hybridized carbons (Fsp3) is 0.133. The molecule has 5 heteroatoms. The van der Waals surface area contributed by atoms with Crippen molar-refractivity contribution in [3.05, 3.63) is 45.8 Å². The van der Waals surface area contributed by atoms with E-state index in [0.717, 1.165) is 21.1 Å². The van der Waals surface area contributed by atoms with E-state index in [1.807, 2.05) is 49.3 Å². The van der Waals surface area contributed by atoms with Gasteiger partial charge in [0.1, 0.15) is 0 Å². The van der Waals surface area contributed by atoms with E-state index in [4.69, 9.17) is 11.6 Å². The first-order chi connectivity index (χ1) is 9.54. The number of amides is 1. The smallest absolute Gasteiger partial charge is 0.256 e. The van der Waals surface area contributed by atoms with Crippen LogP contribution in [-0.2, 0) is 4.79 Å². The monoisotopic (exact) mass is 304 g/mol. The van der Waals surface area contributed by atoms with Gasteiger partial charge in [0.15, 0.2) is 0 Å². The largest absolute Gasteiger partial charge is 0.370 e. The van der Waals surface area contributed by atoms with Crippen LogP contribution in [0.4, 0.5) is 10.7 Å². The molecule has 0 aliphatic carbocycles. The highest BCUT2D eigenvalue weighted by Gasteiger charge is 2.24. The number of hydrogen-bond donors (Lipinski definition) is 1. The molecule has 2 heterocycles. The van der Waals surface area contributed by atoms with E-state index in [9.17, 15) is 4.79 Å². The molecule has 0 bridgehead atoms. The Morgan fingerprint density at radius 3 is 2.75 bits per heavy atom. The second-order valence-electron chi connectivity index (χ2n) is 4.77. The van der Waals surface area contributed by atoms with Gasteiger partial charge in [-0.15, -0.1) is 11.3 Å². The number of nitrogens with zero attached hydrogens (tertiary/aromatic N) is 1. The van der Waals surface area contributed by atoms with Crippen molar-refractivity contribution >= 4 is 51.2 Å². The van der Waals surface area contributed by atoms with Gasteiger partial charge in [-0.05, 0) is 36.4 Å². The van der Waals surface area contributed by atoms with Crippen molar-refractivity contribution in [2.45, 2.75) is 0 Å². The highest BCUT2D eigenvalue weighted by molar-refractivity contribution is 7.17. The maximum Gasteiger partial charge on any atom is 0.256 e. The molecule has 20 heavy (non-hydrogen) atoms. The maximum atomic E-state index is 12.1.